The summed E-state index contributed by atoms with van der Waals surface area (Å²) in [4.78, 5) is 21.7. The Hall–Kier alpha value is -3.03. The van der Waals surface area contributed by atoms with Crippen LogP contribution in [0.15, 0.2) is 35.4 Å². The summed E-state index contributed by atoms with van der Waals surface area (Å²) in [6.45, 7) is 1.95. The summed E-state index contributed by atoms with van der Waals surface area (Å²) in [7, 11) is -1.85. The number of aromatic nitrogens is 3. The summed E-state index contributed by atoms with van der Waals surface area (Å²) >= 11 is 0. The lowest BCUT2D eigenvalue weighted by molar-refractivity contribution is 0.146. The largest absolute Gasteiger partial charge is 0.363 e. The van der Waals surface area contributed by atoms with Crippen LogP contribution in [0.25, 0.3) is 11.0 Å². The normalized spacial score (nSPS) is 17.4. The average Bonchev–Trinajstić information content (AvgIpc) is 2.81. The Balaban J connectivity index is 1.74. The van der Waals surface area contributed by atoms with Gasteiger partial charge in [-0.25, -0.2) is 35.9 Å². The minimum atomic E-state index is -3.38. The summed E-state index contributed by atoms with van der Waals surface area (Å²) in [6, 6.07) is 4.64. The van der Waals surface area contributed by atoms with Crippen molar-refractivity contribution in [2.75, 3.05) is 24.7 Å². The molecule has 3 heterocycles. The molecule has 4 rings (SSSR count). The minimum absolute atomic E-state index is 0.0352. The molecule has 194 valence electrons. The SMILES string of the molecule is C[C@@H](Nc1ncnc2c1cc(C1(N)CCN(S(C)(=O)=O)CC1)c(=O)n2C)c1cccc(C(F)F)c1F. The molecular weight excluding hydrogens is 497 g/mol. The van der Waals surface area contributed by atoms with Crippen LogP contribution in [0, 0.1) is 5.82 Å². The first-order valence-corrected chi connectivity index (χ1v) is 13.1. The van der Waals surface area contributed by atoms with Crippen molar-refractivity contribution < 1.29 is 21.6 Å². The fraction of sp³-hybridized carbons (Fsp3) is 0.435. The molecule has 0 spiro atoms. The van der Waals surface area contributed by atoms with Gasteiger partial charge in [-0.3, -0.25) is 9.36 Å². The maximum atomic E-state index is 14.7. The van der Waals surface area contributed by atoms with Crippen LogP contribution in [-0.2, 0) is 22.6 Å². The summed E-state index contributed by atoms with van der Waals surface area (Å²) in [5.74, 6) is -0.735. The lowest BCUT2D eigenvalue weighted by Gasteiger charge is -2.38. The van der Waals surface area contributed by atoms with Crippen LogP contribution < -0.4 is 16.6 Å². The van der Waals surface area contributed by atoms with Gasteiger partial charge in [0.25, 0.3) is 12.0 Å². The highest BCUT2D eigenvalue weighted by molar-refractivity contribution is 7.88. The molecule has 9 nitrogen and oxygen atoms in total. The lowest BCUT2D eigenvalue weighted by Crippen LogP contribution is -2.52. The standard InChI is InChI=1S/C23H27F3N6O3S/c1-13(14-5-4-6-15(18(14)24)19(25)26)30-20-16-11-17(22(33)31(2)21(16)29-12-28-20)23(27)7-9-32(10-8-23)36(3,34)35/h4-6,11-13,19H,7-10,27H2,1-3H3,(H,28,29,30)/t13-/m1/s1. The molecule has 1 aliphatic heterocycles. The highest BCUT2D eigenvalue weighted by Crippen LogP contribution is 2.33. The number of nitrogens with zero attached hydrogens (tertiary/aromatic N) is 4. The number of fused-ring (bicyclic) bond motifs is 1. The first-order chi connectivity index (χ1) is 16.8. The molecule has 1 atom stereocenters. The van der Waals surface area contributed by atoms with Gasteiger partial charge in [0.2, 0.25) is 10.0 Å². The molecule has 3 aromatic rings. The first-order valence-electron chi connectivity index (χ1n) is 11.3. The van der Waals surface area contributed by atoms with Gasteiger partial charge in [0.05, 0.1) is 23.2 Å². The Kier molecular flexibility index (Phi) is 6.84. The van der Waals surface area contributed by atoms with Gasteiger partial charge in [-0.05, 0) is 25.8 Å². The van der Waals surface area contributed by atoms with Gasteiger partial charge in [0, 0.05) is 36.8 Å². The van der Waals surface area contributed by atoms with Crippen LogP contribution in [0.5, 0.6) is 0 Å². The van der Waals surface area contributed by atoms with E-state index in [4.69, 9.17) is 5.73 Å². The molecule has 1 fully saturated rings. The zero-order valence-corrected chi connectivity index (χ0v) is 20.8. The highest BCUT2D eigenvalue weighted by Gasteiger charge is 2.37. The topological polar surface area (TPSA) is 123 Å². The number of aryl methyl sites for hydroxylation is 1. The summed E-state index contributed by atoms with van der Waals surface area (Å²) in [5, 5.41) is 3.48. The number of rotatable bonds is 6. The Labute approximate surface area is 206 Å². The van der Waals surface area contributed by atoms with E-state index < -0.39 is 39.4 Å². The van der Waals surface area contributed by atoms with Gasteiger partial charge in [-0.1, -0.05) is 18.2 Å². The van der Waals surface area contributed by atoms with Gasteiger partial charge in [-0.2, -0.15) is 0 Å². The number of hydrogen-bond acceptors (Lipinski definition) is 7. The van der Waals surface area contributed by atoms with Crippen LogP contribution in [0.1, 0.15) is 48.9 Å². The second-order valence-corrected chi connectivity index (χ2v) is 11.1. The van der Waals surface area contributed by atoms with E-state index in [9.17, 15) is 26.4 Å². The van der Waals surface area contributed by atoms with Crippen LogP contribution in [-0.4, -0.2) is 46.6 Å². The third kappa shape index (κ3) is 4.70. The predicted octanol–water partition coefficient (Wildman–Crippen LogP) is 2.79. The monoisotopic (exact) mass is 524 g/mol. The van der Waals surface area contributed by atoms with Crippen molar-refractivity contribution in [3.63, 3.8) is 0 Å². The number of sulfonamides is 1. The zero-order valence-electron chi connectivity index (χ0n) is 20.0. The number of benzene rings is 1. The molecule has 1 aromatic carbocycles. The molecule has 1 saturated heterocycles. The maximum Gasteiger partial charge on any atom is 0.266 e. The van der Waals surface area contributed by atoms with Crippen LogP contribution in [0.4, 0.5) is 19.0 Å². The fourth-order valence-electron chi connectivity index (χ4n) is 4.58. The minimum Gasteiger partial charge on any atom is -0.363 e. The van der Waals surface area contributed by atoms with E-state index in [1.165, 1.54) is 34.4 Å². The smallest absolute Gasteiger partial charge is 0.266 e. The van der Waals surface area contributed by atoms with E-state index in [1.807, 2.05) is 0 Å². The Bertz CT molecular complexity index is 1470. The van der Waals surface area contributed by atoms with E-state index in [0.29, 0.717) is 11.0 Å². The second-order valence-electron chi connectivity index (χ2n) is 9.12. The van der Waals surface area contributed by atoms with Gasteiger partial charge in [0.1, 0.15) is 23.6 Å². The van der Waals surface area contributed by atoms with Crippen LogP contribution in [0.2, 0.25) is 0 Å². The number of anilines is 1. The van der Waals surface area contributed by atoms with Crippen molar-refractivity contribution in [1.29, 1.82) is 0 Å². The molecule has 3 N–H and O–H groups in total. The maximum absolute atomic E-state index is 14.7. The van der Waals surface area contributed by atoms with Gasteiger partial charge in [0.15, 0.2) is 0 Å². The van der Waals surface area contributed by atoms with Crippen molar-refractivity contribution in [1.82, 2.24) is 18.8 Å². The first kappa shape index (κ1) is 26.0. The fourth-order valence-corrected chi connectivity index (χ4v) is 5.43. The van der Waals surface area contributed by atoms with E-state index in [1.54, 1.807) is 13.0 Å². The van der Waals surface area contributed by atoms with Crippen molar-refractivity contribution in [2.45, 2.75) is 37.8 Å². The van der Waals surface area contributed by atoms with Crippen molar-refractivity contribution in [3.8, 4) is 0 Å². The number of nitrogens with one attached hydrogen (secondary N) is 1. The number of nitrogens with two attached hydrogens (primary N) is 1. The van der Waals surface area contributed by atoms with Gasteiger partial charge in [-0.15, -0.1) is 0 Å². The molecular formula is C23H27F3N6O3S. The number of pyridine rings is 1. The summed E-state index contributed by atoms with van der Waals surface area (Å²) < 4.78 is 67.5. The molecule has 2 aromatic heterocycles. The van der Waals surface area contributed by atoms with Crippen LogP contribution >= 0.6 is 0 Å². The lowest BCUT2D eigenvalue weighted by atomic mass is 9.82. The second kappa shape index (κ2) is 9.45. The van der Waals surface area contributed by atoms with E-state index in [2.05, 4.69) is 15.3 Å². The Morgan fingerprint density at radius 3 is 2.42 bits per heavy atom. The van der Waals surface area contributed by atoms with E-state index in [-0.39, 0.29) is 48.4 Å². The quantitative estimate of drug-likeness (QED) is 0.508. The van der Waals surface area contributed by atoms with Gasteiger partial charge < -0.3 is 11.1 Å². The van der Waals surface area contributed by atoms with E-state index in [0.717, 1.165) is 12.3 Å². The van der Waals surface area contributed by atoms with E-state index >= 15 is 0 Å². The molecule has 13 heteroatoms. The third-order valence-corrected chi connectivity index (χ3v) is 8.04. The van der Waals surface area contributed by atoms with Crippen molar-refractivity contribution >= 4 is 26.9 Å². The molecule has 0 amide bonds. The van der Waals surface area contributed by atoms with Crippen molar-refractivity contribution in [3.05, 3.63) is 63.5 Å². The summed E-state index contributed by atoms with van der Waals surface area (Å²) in [5.41, 5.74) is 5.11. The number of piperidine rings is 1. The average molecular weight is 525 g/mol. The third-order valence-electron chi connectivity index (χ3n) is 6.74. The zero-order chi connectivity index (χ0) is 26.4. The molecule has 0 saturated carbocycles. The van der Waals surface area contributed by atoms with Crippen molar-refractivity contribution in [2.24, 2.45) is 12.8 Å². The van der Waals surface area contributed by atoms with Crippen LogP contribution in [0.3, 0.4) is 0 Å². The van der Waals surface area contributed by atoms with Gasteiger partial charge >= 0.3 is 0 Å². The molecule has 0 aliphatic carbocycles. The highest BCUT2D eigenvalue weighted by atomic mass is 32.2. The molecule has 0 radical (unpaired) electrons. The number of hydrogen-bond donors (Lipinski definition) is 2. The number of alkyl halides is 2. The molecule has 36 heavy (non-hydrogen) atoms. The Morgan fingerprint density at radius 2 is 1.81 bits per heavy atom. The number of halogens is 3. The molecule has 1 aliphatic rings. The molecule has 0 unspecified atom stereocenters. The predicted molar refractivity (Wildman–Crippen MR) is 130 cm³/mol. The molecule has 0 bridgehead atoms. The summed E-state index contributed by atoms with van der Waals surface area (Å²) in [6.07, 6.45) is -0.116. The Morgan fingerprint density at radius 1 is 1.17 bits per heavy atom.